The fraction of sp³-hybridized carbons (Fsp3) is 0.167. The van der Waals surface area contributed by atoms with Gasteiger partial charge in [0.25, 0.3) is 17.6 Å². The minimum absolute atomic E-state index is 0.0493. The molecule has 4 aromatic rings. The first-order valence-electron chi connectivity index (χ1n) is 11.0. The molecule has 12 heteroatoms. The van der Waals surface area contributed by atoms with Gasteiger partial charge in [0, 0.05) is 30.5 Å². The van der Waals surface area contributed by atoms with Crippen molar-refractivity contribution in [1.29, 1.82) is 0 Å². The predicted molar refractivity (Wildman–Crippen MR) is 130 cm³/mol. The number of carbonyl (C=O) groups is 3. The molecule has 182 valence electrons. The van der Waals surface area contributed by atoms with Crippen LogP contribution in [0, 0.1) is 0 Å². The zero-order chi connectivity index (χ0) is 25.4. The molecule has 5 rings (SSSR count). The highest BCUT2D eigenvalue weighted by molar-refractivity contribution is 6.45. The van der Waals surface area contributed by atoms with E-state index in [1.165, 1.54) is 40.3 Å². The summed E-state index contributed by atoms with van der Waals surface area (Å²) in [6.45, 7) is 4.42. The first-order chi connectivity index (χ1) is 17.4. The van der Waals surface area contributed by atoms with E-state index in [1.807, 2.05) is 6.07 Å². The fourth-order valence-corrected chi connectivity index (χ4v) is 4.17. The topological polar surface area (TPSA) is 152 Å². The lowest BCUT2D eigenvalue weighted by Gasteiger charge is -2.36. The van der Waals surface area contributed by atoms with Crippen LogP contribution in [0.15, 0.2) is 61.3 Å². The second-order valence-electron chi connectivity index (χ2n) is 8.09. The standard InChI is InChI=1S/C24H22N8O4/c1-14-12-30(8-9-31(14)22(34)15-6-4-3-5-7-15)23(35)20(33)16-10-26-19-18(16)17(36-2)11-27-21(19)32-13-28-24(25)29-32/h3-7,10-11,13,26H,1,8-9,12H2,2H3,(H2,25,29). The third-order valence-electron chi connectivity index (χ3n) is 5.94. The van der Waals surface area contributed by atoms with Crippen LogP contribution in [0.5, 0.6) is 5.75 Å². The second kappa shape index (κ2) is 8.98. The van der Waals surface area contributed by atoms with Crippen molar-refractivity contribution in [1.82, 2.24) is 34.5 Å². The Morgan fingerprint density at radius 2 is 1.92 bits per heavy atom. The number of ether oxygens (including phenoxy) is 1. The molecule has 1 aliphatic rings. The van der Waals surface area contributed by atoms with Crippen LogP contribution in [0.4, 0.5) is 5.95 Å². The second-order valence-corrected chi connectivity index (χ2v) is 8.09. The van der Waals surface area contributed by atoms with Crippen molar-refractivity contribution in [2.24, 2.45) is 0 Å². The van der Waals surface area contributed by atoms with E-state index in [1.54, 1.807) is 24.3 Å². The molecule has 12 nitrogen and oxygen atoms in total. The molecule has 3 aromatic heterocycles. The van der Waals surface area contributed by atoms with E-state index in [9.17, 15) is 14.4 Å². The molecule has 4 heterocycles. The van der Waals surface area contributed by atoms with Gasteiger partial charge in [-0.2, -0.15) is 4.68 Å². The smallest absolute Gasteiger partial charge is 0.295 e. The van der Waals surface area contributed by atoms with Gasteiger partial charge < -0.3 is 25.3 Å². The lowest BCUT2D eigenvalue weighted by atomic mass is 10.1. The number of nitrogens with zero attached hydrogens (tertiary/aromatic N) is 6. The molecule has 0 bridgehead atoms. The van der Waals surface area contributed by atoms with E-state index >= 15 is 0 Å². The molecule has 0 radical (unpaired) electrons. The lowest BCUT2D eigenvalue weighted by Crippen LogP contribution is -2.50. The summed E-state index contributed by atoms with van der Waals surface area (Å²) < 4.78 is 6.77. The van der Waals surface area contributed by atoms with E-state index in [4.69, 9.17) is 10.5 Å². The van der Waals surface area contributed by atoms with Gasteiger partial charge in [0.1, 0.15) is 12.1 Å². The van der Waals surface area contributed by atoms with Gasteiger partial charge in [-0.25, -0.2) is 9.97 Å². The summed E-state index contributed by atoms with van der Waals surface area (Å²) in [6.07, 6.45) is 4.25. The number of Topliss-reactive ketones (excluding diaryl/α,β-unsaturated/α-hetero) is 1. The van der Waals surface area contributed by atoms with E-state index in [0.29, 0.717) is 33.7 Å². The highest BCUT2D eigenvalue weighted by Crippen LogP contribution is 2.32. The largest absolute Gasteiger partial charge is 0.494 e. The minimum atomic E-state index is -0.731. The molecular formula is C24H22N8O4. The summed E-state index contributed by atoms with van der Waals surface area (Å²) in [7, 11) is 1.44. The summed E-state index contributed by atoms with van der Waals surface area (Å²) in [5.41, 5.74) is 7.13. The van der Waals surface area contributed by atoms with Crippen molar-refractivity contribution in [3.05, 3.63) is 72.5 Å². The molecule has 2 amide bonds. The van der Waals surface area contributed by atoms with Crippen LogP contribution in [0.3, 0.4) is 0 Å². The number of H-pyrrole nitrogens is 1. The third kappa shape index (κ3) is 3.83. The Morgan fingerprint density at radius 3 is 2.58 bits per heavy atom. The van der Waals surface area contributed by atoms with Crippen LogP contribution in [-0.2, 0) is 4.79 Å². The number of nitrogens with two attached hydrogens (primary N) is 1. The minimum Gasteiger partial charge on any atom is -0.494 e. The number of anilines is 1. The summed E-state index contributed by atoms with van der Waals surface area (Å²) >= 11 is 0. The van der Waals surface area contributed by atoms with Crippen molar-refractivity contribution < 1.29 is 19.1 Å². The number of carbonyl (C=O) groups excluding carboxylic acids is 3. The van der Waals surface area contributed by atoms with E-state index in [0.717, 1.165) is 0 Å². The van der Waals surface area contributed by atoms with Crippen molar-refractivity contribution in [3.63, 3.8) is 0 Å². The molecule has 1 aliphatic heterocycles. The van der Waals surface area contributed by atoms with Gasteiger partial charge in [-0.05, 0) is 12.1 Å². The van der Waals surface area contributed by atoms with Crippen LogP contribution >= 0.6 is 0 Å². The maximum absolute atomic E-state index is 13.3. The number of pyridine rings is 1. The Hall–Kier alpha value is -5.00. The van der Waals surface area contributed by atoms with Gasteiger partial charge in [0.2, 0.25) is 5.95 Å². The average Bonchev–Trinajstić information content (AvgIpc) is 3.54. The van der Waals surface area contributed by atoms with Crippen LogP contribution in [0.2, 0.25) is 0 Å². The molecule has 36 heavy (non-hydrogen) atoms. The van der Waals surface area contributed by atoms with Crippen molar-refractivity contribution in [2.45, 2.75) is 0 Å². The summed E-state index contributed by atoms with van der Waals surface area (Å²) in [5, 5.41) is 4.44. The number of hydrogen-bond donors (Lipinski definition) is 2. The molecule has 0 aliphatic carbocycles. The highest BCUT2D eigenvalue weighted by atomic mass is 16.5. The summed E-state index contributed by atoms with van der Waals surface area (Å²) in [4.78, 5) is 53.5. The zero-order valence-corrected chi connectivity index (χ0v) is 19.3. The monoisotopic (exact) mass is 486 g/mol. The molecule has 3 N–H and O–H groups in total. The molecule has 1 aromatic carbocycles. The molecule has 0 spiro atoms. The quantitative estimate of drug-likeness (QED) is 0.317. The Bertz CT molecular complexity index is 1510. The van der Waals surface area contributed by atoms with Gasteiger partial charge >= 0.3 is 0 Å². The predicted octanol–water partition coefficient (Wildman–Crippen LogP) is 1.42. The van der Waals surface area contributed by atoms with Crippen LogP contribution in [0.25, 0.3) is 16.7 Å². The summed E-state index contributed by atoms with van der Waals surface area (Å²) in [6, 6.07) is 8.83. The Kier molecular flexibility index (Phi) is 5.68. The van der Waals surface area contributed by atoms with E-state index in [2.05, 4.69) is 26.6 Å². The Balaban J connectivity index is 1.40. The molecule has 1 saturated heterocycles. The molecule has 0 saturated carbocycles. The number of aromatic amines is 1. The maximum atomic E-state index is 13.3. The first kappa shape index (κ1) is 22.8. The number of ketones is 1. The number of nitrogen functional groups attached to an aromatic ring is 1. The van der Waals surface area contributed by atoms with Crippen molar-refractivity contribution in [3.8, 4) is 11.6 Å². The number of benzene rings is 1. The van der Waals surface area contributed by atoms with Crippen LogP contribution < -0.4 is 10.5 Å². The van der Waals surface area contributed by atoms with Gasteiger partial charge in [0.15, 0.2) is 5.82 Å². The number of amides is 2. The number of nitrogens with one attached hydrogen (secondary N) is 1. The normalized spacial score (nSPS) is 13.8. The Labute approximate surface area is 205 Å². The highest BCUT2D eigenvalue weighted by Gasteiger charge is 2.33. The van der Waals surface area contributed by atoms with Crippen LogP contribution in [0.1, 0.15) is 20.7 Å². The summed E-state index contributed by atoms with van der Waals surface area (Å²) in [5.74, 6) is -0.942. The number of hydrogen-bond acceptors (Lipinski definition) is 8. The molecule has 0 unspecified atom stereocenters. The number of aromatic nitrogens is 5. The molecule has 1 fully saturated rings. The van der Waals surface area contributed by atoms with Crippen molar-refractivity contribution >= 4 is 34.4 Å². The fourth-order valence-electron chi connectivity index (χ4n) is 4.17. The van der Waals surface area contributed by atoms with Gasteiger partial charge in [-0.15, -0.1) is 5.10 Å². The maximum Gasteiger partial charge on any atom is 0.295 e. The number of piperazine rings is 1. The first-order valence-corrected chi connectivity index (χ1v) is 11.0. The number of methoxy groups -OCH3 is 1. The Morgan fingerprint density at radius 1 is 1.14 bits per heavy atom. The lowest BCUT2D eigenvalue weighted by molar-refractivity contribution is -0.127. The number of rotatable bonds is 5. The molecular weight excluding hydrogens is 464 g/mol. The average molecular weight is 486 g/mol. The third-order valence-corrected chi connectivity index (χ3v) is 5.94. The van der Waals surface area contributed by atoms with E-state index < -0.39 is 11.7 Å². The van der Waals surface area contributed by atoms with Gasteiger partial charge in [-0.3, -0.25) is 14.4 Å². The van der Waals surface area contributed by atoms with Gasteiger partial charge in [-0.1, -0.05) is 24.8 Å². The SMILES string of the molecule is C=C1CN(C(=O)C(=O)c2c[nH]c3c(-n4cnc(N)n4)ncc(OC)c23)CCN1C(=O)c1ccccc1. The van der Waals surface area contributed by atoms with Gasteiger partial charge in [0.05, 0.1) is 36.3 Å². The number of fused-ring (bicyclic) bond motifs is 1. The zero-order valence-electron chi connectivity index (χ0n) is 19.3. The van der Waals surface area contributed by atoms with E-state index in [-0.39, 0.29) is 37.1 Å². The molecule has 0 atom stereocenters. The van der Waals surface area contributed by atoms with Crippen LogP contribution in [-0.4, -0.2) is 78.9 Å². The van der Waals surface area contributed by atoms with Crippen molar-refractivity contribution in [2.75, 3.05) is 32.5 Å².